The van der Waals surface area contributed by atoms with Crippen LogP contribution in [0.2, 0.25) is 5.02 Å². The number of fused-ring (bicyclic) bond motifs is 1. The lowest BCUT2D eigenvalue weighted by atomic mass is 10.2. The molecule has 2 heterocycles. The summed E-state index contributed by atoms with van der Waals surface area (Å²) < 4.78 is 6.35. The molecule has 1 saturated heterocycles. The second-order valence-electron chi connectivity index (χ2n) is 6.82. The maximum atomic E-state index is 13.3. The van der Waals surface area contributed by atoms with Gasteiger partial charge in [-0.1, -0.05) is 47.2 Å². The van der Waals surface area contributed by atoms with Gasteiger partial charge >= 0.3 is 0 Å². The van der Waals surface area contributed by atoms with Crippen molar-refractivity contribution in [2.24, 2.45) is 0 Å². The number of carbonyl (C=O) groups is 1. The van der Waals surface area contributed by atoms with Crippen LogP contribution in [0.3, 0.4) is 0 Å². The summed E-state index contributed by atoms with van der Waals surface area (Å²) >= 11 is 7.86. The Balaban J connectivity index is 0.00000240. The highest BCUT2D eigenvalue weighted by molar-refractivity contribution is 7.23. The fourth-order valence-corrected chi connectivity index (χ4v) is 4.63. The Morgan fingerprint density at radius 2 is 1.93 bits per heavy atom. The molecule has 3 aromatic rings. The van der Waals surface area contributed by atoms with Crippen LogP contribution < -0.4 is 4.90 Å². The summed E-state index contributed by atoms with van der Waals surface area (Å²) in [5.74, 6) is -0.0401. The average molecular weight is 452 g/mol. The summed E-state index contributed by atoms with van der Waals surface area (Å²) in [7, 11) is 0. The number of halogens is 2. The number of aryl methyl sites for hydroxylation is 1. The molecule has 5 nitrogen and oxygen atoms in total. The Hall–Kier alpha value is -1.70. The summed E-state index contributed by atoms with van der Waals surface area (Å²) in [4.78, 5) is 22.2. The second-order valence-corrected chi connectivity index (χ2v) is 8.20. The first-order valence-electron chi connectivity index (χ1n) is 9.36. The van der Waals surface area contributed by atoms with Gasteiger partial charge in [0, 0.05) is 31.7 Å². The van der Waals surface area contributed by atoms with Gasteiger partial charge in [-0.2, -0.15) is 0 Å². The predicted octanol–water partition coefficient (Wildman–Crippen LogP) is 4.66. The van der Waals surface area contributed by atoms with E-state index in [2.05, 4.69) is 4.90 Å². The number of carbonyl (C=O) groups excluding carboxylic acids is 1. The van der Waals surface area contributed by atoms with Crippen molar-refractivity contribution in [2.75, 3.05) is 44.3 Å². The Morgan fingerprint density at radius 1 is 1.21 bits per heavy atom. The molecule has 1 aromatic heterocycles. The van der Waals surface area contributed by atoms with E-state index in [9.17, 15) is 4.79 Å². The number of morpholine rings is 1. The largest absolute Gasteiger partial charge is 0.379 e. The highest BCUT2D eigenvalue weighted by atomic mass is 35.5. The molecule has 1 fully saturated rings. The predicted molar refractivity (Wildman–Crippen MR) is 122 cm³/mol. The van der Waals surface area contributed by atoms with E-state index in [1.807, 2.05) is 49.4 Å². The minimum atomic E-state index is -0.0401. The van der Waals surface area contributed by atoms with Gasteiger partial charge in [0.2, 0.25) is 0 Å². The van der Waals surface area contributed by atoms with Crippen molar-refractivity contribution in [2.45, 2.75) is 6.92 Å². The molecule has 1 aliphatic heterocycles. The summed E-state index contributed by atoms with van der Waals surface area (Å²) in [6, 6.07) is 13.2. The Bertz CT molecular complexity index is 936. The van der Waals surface area contributed by atoms with Gasteiger partial charge in [0.15, 0.2) is 5.13 Å². The number of aromatic nitrogens is 1. The molecule has 0 atom stereocenters. The third-order valence-corrected chi connectivity index (χ3v) is 6.46. The van der Waals surface area contributed by atoms with E-state index in [1.165, 1.54) is 11.3 Å². The monoisotopic (exact) mass is 451 g/mol. The number of anilines is 1. The Morgan fingerprint density at radius 3 is 2.62 bits per heavy atom. The van der Waals surface area contributed by atoms with Crippen LogP contribution in [-0.2, 0) is 4.74 Å². The number of rotatable bonds is 5. The number of hydrogen-bond donors (Lipinski definition) is 0. The van der Waals surface area contributed by atoms with Gasteiger partial charge in [0.1, 0.15) is 0 Å². The van der Waals surface area contributed by atoms with Crippen LogP contribution >= 0.6 is 35.3 Å². The lowest BCUT2D eigenvalue weighted by molar-refractivity contribution is 0.0391. The smallest absolute Gasteiger partial charge is 0.260 e. The maximum Gasteiger partial charge on any atom is 0.260 e. The van der Waals surface area contributed by atoms with Gasteiger partial charge in [-0.3, -0.25) is 14.6 Å². The Kier molecular flexibility index (Phi) is 7.49. The van der Waals surface area contributed by atoms with Crippen molar-refractivity contribution in [3.63, 3.8) is 0 Å². The van der Waals surface area contributed by atoms with Crippen molar-refractivity contribution < 1.29 is 9.53 Å². The normalized spacial score (nSPS) is 14.6. The molecule has 0 unspecified atom stereocenters. The first-order chi connectivity index (χ1) is 13.6. The summed E-state index contributed by atoms with van der Waals surface area (Å²) in [5.41, 5.74) is 2.58. The van der Waals surface area contributed by atoms with Gasteiger partial charge < -0.3 is 4.74 Å². The highest BCUT2D eigenvalue weighted by Crippen LogP contribution is 2.36. The number of thiazole rings is 1. The Labute approximate surface area is 185 Å². The molecule has 4 rings (SSSR count). The fraction of sp³-hybridized carbons (Fsp3) is 0.333. The lowest BCUT2D eigenvalue weighted by Crippen LogP contribution is -2.43. The fourth-order valence-electron chi connectivity index (χ4n) is 3.29. The van der Waals surface area contributed by atoms with Gasteiger partial charge in [-0.25, -0.2) is 4.98 Å². The molecule has 1 aliphatic rings. The van der Waals surface area contributed by atoms with E-state index in [0.29, 0.717) is 22.3 Å². The maximum absolute atomic E-state index is 13.3. The quantitative estimate of drug-likeness (QED) is 0.565. The number of ether oxygens (including phenoxy) is 1. The minimum absolute atomic E-state index is 0. The zero-order valence-corrected chi connectivity index (χ0v) is 18.5. The van der Waals surface area contributed by atoms with E-state index in [0.717, 1.165) is 48.6 Å². The van der Waals surface area contributed by atoms with E-state index in [1.54, 1.807) is 4.90 Å². The van der Waals surface area contributed by atoms with Crippen LogP contribution in [-0.4, -0.2) is 55.2 Å². The number of benzene rings is 2. The molecule has 29 heavy (non-hydrogen) atoms. The van der Waals surface area contributed by atoms with Gasteiger partial charge in [0.05, 0.1) is 28.5 Å². The number of amides is 1. The zero-order valence-electron chi connectivity index (χ0n) is 16.1. The number of hydrogen-bond acceptors (Lipinski definition) is 5. The highest BCUT2D eigenvalue weighted by Gasteiger charge is 2.23. The summed E-state index contributed by atoms with van der Waals surface area (Å²) in [6.07, 6.45) is 0. The summed E-state index contributed by atoms with van der Waals surface area (Å²) in [6.45, 7) is 6.62. The van der Waals surface area contributed by atoms with Crippen LogP contribution in [0.4, 0.5) is 5.13 Å². The SMILES string of the molecule is Cc1ccc(Cl)c2sc(N(CCN3CCOCC3)C(=O)c3ccccc3)nc12.Cl. The van der Waals surface area contributed by atoms with Crippen LogP contribution in [0.25, 0.3) is 10.2 Å². The van der Waals surface area contributed by atoms with Crippen LogP contribution in [0.1, 0.15) is 15.9 Å². The summed E-state index contributed by atoms with van der Waals surface area (Å²) in [5, 5.41) is 1.36. The van der Waals surface area contributed by atoms with Crippen molar-refractivity contribution >= 4 is 56.6 Å². The molecule has 1 amide bonds. The van der Waals surface area contributed by atoms with Crippen molar-refractivity contribution in [1.29, 1.82) is 0 Å². The van der Waals surface area contributed by atoms with Crippen LogP contribution in [0, 0.1) is 6.92 Å². The molecule has 0 bridgehead atoms. The molecular weight excluding hydrogens is 429 g/mol. The minimum Gasteiger partial charge on any atom is -0.379 e. The second kappa shape index (κ2) is 9.87. The average Bonchev–Trinajstić information content (AvgIpc) is 3.19. The molecule has 2 aromatic carbocycles. The van der Waals surface area contributed by atoms with Crippen LogP contribution in [0.15, 0.2) is 42.5 Å². The van der Waals surface area contributed by atoms with Crippen molar-refractivity contribution in [3.05, 3.63) is 58.6 Å². The van der Waals surface area contributed by atoms with Crippen molar-refractivity contribution in [1.82, 2.24) is 9.88 Å². The first kappa shape index (κ1) is 22.0. The molecule has 0 N–H and O–H groups in total. The molecule has 0 aliphatic carbocycles. The first-order valence-corrected chi connectivity index (χ1v) is 10.6. The van der Waals surface area contributed by atoms with E-state index in [-0.39, 0.29) is 18.3 Å². The molecule has 154 valence electrons. The molecular formula is C21H23Cl2N3O2S. The van der Waals surface area contributed by atoms with Gasteiger partial charge in [-0.15, -0.1) is 12.4 Å². The molecule has 0 radical (unpaired) electrons. The zero-order chi connectivity index (χ0) is 19.5. The molecule has 0 spiro atoms. The van der Waals surface area contributed by atoms with Crippen LogP contribution in [0.5, 0.6) is 0 Å². The van der Waals surface area contributed by atoms with Gasteiger partial charge in [-0.05, 0) is 30.7 Å². The van der Waals surface area contributed by atoms with E-state index >= 15 is 0 Å². The topological polar surface area (TPSA) is 45.7 Å². The third-order valence-electron chi connectivity index (χ3n) is 4.93. The molecule has 8 heteroatoms. The standard InChI is InChI=1S/C21H22ClN3O2S.ClH/c1-15-7-8-17(22)19-18(15)23-21(28-19)25(10-9-24-11-13-27-14-12-24)20(26)16-5-3-2-4-6-16;/h2-8H,9-14H2,1H3;1H. The lowest BCUT2D eigenvalue weighted by Gasteiger charge is -2.29. The molecule has 0 saturated carbocycles. The van der Waals surface area contributed by atoms with Crippen molar-refractivity contribution in [3.8, 4) is 0 Å². The number of nitrogens with zero attached hydrogens (tertiary/aromatic N) is 3. The third kappa shape index (κ3) is 4.90. The van der Waals surface area contributed by atoms with Gasteiger partial charge in [0.25, 0.3) is 5.91 Å². The van der Waals surface area contributed by atoms with E-state index in [4.69, 9.17) is 21.3 Å². The van der Waals surface area contributed by atoms with E-state index < -0.39 is 0 Å².